The van der Waals surface area contributed by atoms with Gasteiger partial charge in [0, 0.05) is 23.7 Å². The van der Waals surface area contributed by atoms with Gasteiger partial charge < -0.3 is 5.41 Å². The second-order valence-corrected chi connectivity index (χ2v) is 9.69. The summed E-state index contributed by atoms with van der Waals surface area (Å²) < 4.78 is 25.7. The van der Waals surface area contributed by atoms with Gasteiger partial charge in [0.2, 0.25) is 0 Å². The maximum Gasteiger partial charge on any atom is 0.175 e. The summed E-state index contributed by atoms with van der Waals surface area (Å²) in [6.45, 7) is 1.70. The fraction of sp³-hybridized carbons (Fsp3) is 0.0833. The van der Waals surface area contributed by atoms with Crippen LogP contribution in [0.15, 0.2) is 83.9 Å². The van der Waals surface area contributed by atoms with Crippen LogP contribution in [-0.4, -0.2) is 29.9 Å². The molecule has 4 aromatic rings. The number of aromatic nitrogens is 2. The Kier molecular flexibility index (Phi) is 5.52. The minimum absolute atomic E-state index is 0.288. The van der Waals surface area contributed by atoms with Crippen molar-refractivity contribution < 1.29 is 8.42 Å². The van der Waals surface area contributed by atoms with Gasteiger partial charge in [-0.05, 0) is 54.4 Å². The van der Waals surface area contributed by atoms with Crippen molar-refractivity contribution >= 4 is 27.1 Å². The monoisotopic (exact) mass is 449 g/mol. The average Bonchev–Trinajstić information content (AvgIpc) is 3.19. The second-order valence-electron chi connectivity index (χ2n) is 7.27. The zero-order valence-corrected chi connectivity index (χ0v) is 18.6. The average molecular weight is 450 g/mol. The molecule has 0 saturated heterocycles. The van der Waals surface area contributed by atoms with Crippen molar-refractivity contribution in [2.45, 2.75) is 11.8 Å². The molecule has 0 unspecified atom stereocenters. The third-order valence-electron chi connectivity index (χ3n) is 4.95. The Balaban J connectivity index is 1.78. The van der Waals surface area contributed by atoms with Gasteiger partial charge in [0.1, 0.15) is 11.5 Å². The van der Waals surface area contributed by atoms with E-state index in [9.17, 15) is 8.42 Å². The Morgan fingerprint density at radius 3 is 2.32 bits per heavy atom. The van der Waals surface area contributed by atoms with E-state index in [1.807, 2.05) is 65.4 Å². The molecule has 5 nitrogen and oxygen atoms in total. The molecule has 0 spiro atoms. The lowest BCUT2D eigenvalue weighted by molar-refractivity contribution is 0.602. The molecule has 0 amide bonds. The highest BCUT2D eigenvalue weighted by Crippen LogP contribution is 2.30. The van der Waals surface area contributed by atoms with Gasteiger partial charge in [-0.2, -0.15) is 0 Å². The van der Waals surface area contributed by atoms with E-state index in [-0.39, 0.29) is 4.90 Å². The van der Waals surface area contributed by atoms with Crippen LogP contribution in [-0.2, 0) is 9.84 Å². The molecular formula is C24H20ClN3O2S. The number of nitrogens with zero attached hydrogens (tertiary/aromatic N) is 2. The number of rotatable bonds is 5. The first-order valence-corrected chi connectivity index (χ1v) is 11.8. The SMILES string of the molecule is CC(=N)c1cn(-c2ccc(-c3cccc(S(C)(=O)=O)c3)cc2)c(-c2ccccc2Cl)n1. The van der Waals surface area contributed by atoms with Gasteiger partial charge in [-0.15, -0.1) is 0 Å². The molecule has 1 N–H and O–H groups in total. The zero-order chi connectivity index (χ0) is 22.2. The number of halogens is 1. The Morgan fingerprint density at radius 1 is 0.968 bits per heavy atom. The van der Waals surface area contributed by atoms with Gasteiger partial charge in [-0.3, -0.25) is 4.57 Å². The van der Waals surface area contributed by atoms with E-state index in [1.165, 1.54) is 6.26 Å². The van der Waals surface area contributed by atoms with E-state index in [1.54, 1.807) is 25.1 Å². The molecule has 156 valence electrons. The van der Waals surface area contributed by atoms with Gasteiger partial charge in [0.15, 0.2) is 9.84 Å². The summed E-state index contributed by atoms with van der Waals surface area (Å²) in [6, 6.07) is 22.1. The number of sulfone groups is 1. The quantitative estimate of drug-likeness (QED) is 0.400. The van der Waals surface area contributed by atoms with Crippen molar-refractivity contribution in [2.24, 2.45) is 0 Å². The van der Waals surface area contributed by atoms with Crippen LogP contribution in [0.5, 0.6) is 0 Å². The Bertz CT molecular complexity index is 1390. The number of imidazole rings is 1. The van der Waals surface area contributed by atoms with Crippen LogP contribution in [0.2, 0.25) is 5.02 Å². The Labute approximate surface area is 186 Å². The summed E-state index contributed by atoms with van der Waals surface area (Å²) in [7, 11) is -3.28. The van der Waals surface area contributed by atoms with Gasteiger partial charge in [0.05, 0.1) is 15.6 Å². The standard InChI is InChI=1S/C24H20ClN3O2S/c1-16(26)23-15-28(24(27-23)21-8-3-4-9-22(21)25)19-12-10-17(11-13-19)18-6-5-7-20(14-18)31(2,29)30/h3-15,26H,1-2H3. The molecular weight excluding hydrogens is 430 g/mol. The summed E-state index contributed by atoms with van der Waals surface area (Å²) in [5.74, 6) is 0.652. The van der Waals surface area contributed by atoms with Gasteiger partial charge in [-0.1, -0.05) is 48.0 Å². The molecule has 0 aliphatic heterocycles. The molecule has 1 aromatic heterocycles. The molecule has 0 aliphatic carbocycles. The Morgan fingerprint density at radius 2 is 1.68 bits per heavy atom. The third kappa shape index (κ3) is 4.31. The van der Waals surface area contributed by atoms with E-state index in [0.29, 0.717) is 22.3 Å². The van der Waals surface area contributed by atoms with Gasteiger partial charge >= 0.3 is 0 Å². The number of hydrogen-bond donors (Lipinski definition) is 1. The topological polar surface area (TPSA) is 75.8 Å². The maximum atomic E-state index is 11.9. The van der Waals surface area contributed by atoms with E-state index >= 15 is 0 Å². The molecule has 0 aliphatic rings. The van der Waals surface area contributed by atoms with Crippen LogP contribution in [0, 0.1) is 5.41 Å². The minimum atomic E-state index is -3.28. The van der Waals surface area contributed by atoms with E-state index < -0.39 is 9.84 Å². The summed E-state index contributed by atoms with van der Waals surface area (Å²) in [4.78, 5) is 4.91. The zero-order valence-electron chi connectivity index (χ0n) is 17.0. The van der Waals surface area contributed by atoms with Crippen LogP contribution in [0.4, 0.5) is 0 Å². The normalized spacial score (nSPS) is 11.5. The smallest absolute Gasteiger partial charge is 0.175 e. The molecule has 0 atom stereocenters. The van der Waals surface area contributed by atoms with Crippen molar-refractivity contribution in [3.8, 4) is 28.2 Å². The second kappa shape index (κ2) is 8.13. The predicted octanol–water partition coefficient (Wildman–Crippen LogP) is 5.65. The number of hydrogen-bond acceptors (Lipinski definition) is 4. The molecule has 0 saturated carbocycles. The highest BCUT2D eigenvalue weighted by molar-refractivity contribution is 7.90. The van der Waals surface area contributed by atoms with Crippen molar-refractivity contribution in [3.63, 3.8) is 0 Å². The Hall–Kier alpha value is -3.22. The lowest BCUT2D eigenvalue weighted by atomic mass is 10.1. The molecule has 31 heavy (non-hydrogen) atoms. The van der Waals surface area contributed by atoms with Gasteiger partial charge in [-0.25, -0.2) is 13.4 Å². The molecule has 1 heterocycles. The fourth-order valence-corrected chi connectivity index (χ4v) is 4.20. The van der Waals surface area contributed by atoms with E-state index in [4.69, 9.17) is 17.0 Å². The molecule has 7 heteroatoms. The third-order valence-corrected chi connectivity index (χ3v) is 6.39. The lowest BCUT2D eigenvalue weighted by Crippen LogP contribution is -1.98. The van der Waals surface area contributed by atoms with Crippen LogP contribution >= 0.6 is 11.6 Å². The first-order chi connectivity index (χ1) is 14.7. The first kappa shape index (κ1) is 21.0. The van der Waals surface area contributed by atoms with Crippen molar-refractivity contribution in [2.75, 3.05) is 6.26 Å². The van der Waals surface area contributed by atoms with Crippen molar-refractivity contribution in [1.29, 1.82) is 5.41 Å². The summed E-state index contributed by atoms with van der Waals surface area (Å²) in [5, 5.41) is 8.56. The molecule has 0 fully saturated rings. The summed E-state index contributed by atoms with van der Waals surface area (Å²) in [6.07, 6.45) is 3.02. The van der Waals surface area contributed by atoms with Crippen molar-refractivity contribution in [1.82, 2.24) is 9.55 Å². The van der Waals surface area contributed by atoms with Crippen molar-refractivity contribution in [3.05, 3.63) is 89.7 Å². The molecule has 0 radical (unpaired) electrons. The van der Waals surface area contributed by atoms with Crippen LogP contribution < -0.4 is 0 Å². The first-order valence-electron chi connectivity index (χ1n) is 9.55. The number of nitrogens with one attached hydrogen (secondary N) is 1. The molecule has 3 aromatic carbocycles. The summed E-state index contributed by atoms with van der Waals surface area (Å²) in [5.41, 5.74) is 4.29. The highest BCUT2D eigenvalue weighted by atomic mass is 35.5. The largest absolute Gasteiger partial charge is 0.303 e. The van der Waals surface area contributed by atoms with Crippen LogP contribution in [0.1, 0.15) is 12.6 Å². The number of benzene rings is 3. The fourth-order valence-electron chi connectivity index (χ4n) is 3.31. The van der Waals surface area contributed by atoms with Gasteiger partial charge in [0.25, 0.3) is 0 Å². The highest BCUT2D eigenvalue weighted by Gasteiger charge is 2.15. The van der Waals surface area contributed by atoms with Crippen LogP contribution in [0.3, 0.4) is 0 Å². The minimum Gasteiger partial charge on any atom is -0.303 e. The molecule has 4 rings (SSSR count). The summed E-state index contributed by atoms with van der Waals surface area (Å²) >= 11 is 6.41. The maximum absolute atomic E-state index is 11.9. The van der Waals surface area contributed by atoms with E-state index in [2.05, 4.69) is 4.98 Å². The van der Waals surface area contributed by atoms with E-state index in [0.717, 1.165) is 22.4 Å². The lowest BCUT2D eigenvalue weighted by Gasteiger charge is -2.10. The van der Waals surface area contributed by atoms with Crippen LogP contribution in [0.25, 0.3) is 28.2 Å². The molecule has 0 bridgehead atoms. The predicted molar refractivity (Wildman–Crippen MR) is 125 cm³/mol.